The number of hydrogen-bond acceptors (Lipinski definition) is 4. The molecule has 59 heavy (non-hydrogen) atoms. The minimum absolute atomic E-state index is 0.945. The molecular weight excluding hydrogens is 735 g/mol. The average molecular weight is 774 g/mol. The van der Waals surface area contributed by atoms with Crippen LogP contribution in [-0.4, -0.2) is 0 Å². The normalized spacial score (nSPS) is 12.5. The molecule has 0 N–H and O–H groups in total. The Morgan fingerprint density at radius 3 is 1.24 bits per heavy atom. The first kappa shape index (κ1) is 34.9. The van der Waals surface area contributed by atoms with E-state index in [0.29, 0.717) is 0 Å². The van der Waals surface area contributed by atoms with Gasteiger partial charge in [0, 0.05) is 56.0 Å². The second-order valence-electron chi connectivity index (χ2n) is 15.0. The predicted octanol–water partition coefficient (Wildman–Crippen LogP) is 15.8. The molecule has 0 saturated carbocycles. The van der Waals surface area contributed by atoms with Crippen LogP contribution >= 0.6 is 11.8 Å². The van der Waals surface area contributed by atoms with Crippen molar-refractivity contribution in [1.82, 2.24) is 0 Å². The van der Waals surface area contributed by atoms with E-state index in [2.05, 4.69) is 239 Å². The Balaban J connectivity index is 0.907. The Morgan fingerprint density at radius 2 is 0.729 bits per heavy atom. The van der Waals surface area contributed by atoms with E-state index >= 15 is 0 Å². The molecule has 0 bridgehead atoms. The van der Waals surface area contributed by atoms with Crippen LogP contribution in [0.25, 0.3) is 22.3 Å². The minimum atomic E-state index is 0.945. The van der Waals surface area contributed by atoms with Crippen LogP contribution in [0.5, 0.6) is 0 Å². The van der Waals surface area contributed by atoms with Crippen molar-refractivity contribution in [3.8, 4) is 22.3 Å². The molecule has 11 rings (SSSR count). The van der Waals surface area contributed by atoms with Gasteiger partial charge >= 0.3 is 0 Å². The standard InChI is InChI=1S/C55H39N3S/c1-2-18-45(19-3-1)56(46-32-28-39(29-33-46)41-16-12-20-48(37-41)57-50-22-6-4-14-43(50)36-44-15-5-7-23-51(44)57)47-34-30-40(31-35-47)42-17-13-21-49(38-42)58-52-24-8-10-26-54(52)59-55-27-11-9-25-53(55)58/h1-35,37-38H,36H2. The van der Waals surface area contributed by atoms with E-state index in [4.69, 9.17) is 0 Å². The van der Waals surface area contributed by atoms with Crippen molar-refractivity contribution < 1.29 is 0 Å². The van der Waals surface area contributed by atoms with E-state index in [1.807, 2.05) is 11.8 Å². The summed E-state index contributed by atoms with van der Waals surface area (Å²) in [5.41, 5.74) is 17.9. The van der Waals surface area contributed by atoms with E-state index in [0.717, 1.165) is 34.9 Å². The van der Waals surface area contributed by atoms with Gasteiger partial charge < -0.3 is 14.7 Å². The molecule has 0 saturated heterocycles. The third kappa shape index (κ3) is 6.44. The van der Waals surface area contributed by atoms with E-state index in [1.165, 1.54) is 65.9 Å². The highest BCUT2D eigenvalue weighted by molar-refractivity contribution is 7.99. The van der Waals surface area contributed by atoms with Crippen molar-refractivity contribution in [3.05, 3.63) is 236 Å². The molecule has 0 spiro atoms. The number of fused-ring (bicyclic) bond motifs is 4. The van der Waals surface area contributed by atoms with Crippen LogP contribution in [0.15, 0.2) is 234 Å². The molecule has 0 aliphatic carbocycles. The van der Waals surface area contributed by atoms with Crippen LogP contribution in [0, 0.1) is 0 Å². The summed E-state index contributed by atoms with van der Waals surface area (Å²) in [6, 6.07) is 81.3. The highest BCUT2D eigenvalue weighted by Gasteiger charge is 2.26. The fraction of sp³-hybridized carbons (Fsp3) is 0.0182. The van der Waals surface area contributed by atoms with Crippen LogP contribution in [-0.2, 0) is 6.42 Å². The molecule has 0 aromatic heterocycles. The summed E-state index contributed by atoms with van der Waals surface area (Å²) in [6.07, 6.45) is 0.945. The quantitative estimate of drug-likeness (QED) is 0.159. The molecule has 2 aliphatic heterocycles. The first-order valence-corrected chi connectivity index (χ1v) is 20.9. The van der Waals surface area contributed by atoms with Gasteiger partial charge in [0.25, 0.3) is 0 Å². The van der Waals surface area contributed by atoms with Crippen molar-refractivity contribution >= 4 is 62.9 Å². The molecule has 9 aromatic carbocycles. The van der Waals surface area contributed by atoms with Gasteiger partial charge in [0.05, 0.1) is 11.4 Å². The highest BCUT2D eigenvalue weighted by Crippen LogP contribution is 2.52. The summed E-state index contributed by atoms with van der Waals surface area (Å²) >= 11 is 1.84. The van der Waals surface area contributed by atoms with E-state index in [1.54, 1.807) is 0 Å². The molecule has 0 fully saturated rings. The fourth-order valence-electron chi connectivity index (χ4n) is 8.63. The molecule has 280 valence electrons. The zero-order chi connectivity index (χ0) is 39.1. The highest BCUT2D eigenvalue weighted by atomic mass is 32.2. The Bertz CT molecular complexity index is 2680. The summed E-state index contributed by atoms with van der Waals surface area (Å²) in [6.45, 7) is 0. The number of nitrogens with zero attached hydrogens (tertiary/aromatic N) is 3. The SMILES string of the molecule is c1ccc(N(c2ccc(-c3cccc(N4c5ccccc5Cc5ccccc54)c3)cc2)c2ccc(-c3cccc(N4c5ccccc5Sc5ccccc54)c3)cc2)cc1. The van der Waals surface area contributed by atoms with Crippen LogP contribution in [0.4, 0.5) is 51.2 Å². The second-order valence-corrected chi connectivity index (χ2v) is 16.1. The lowest BCUT2D eigenvalue weighted by Gasteiger charge is -2.33. The molecule has 0 radical (unpaired) electrons. The average Bonchev–Trinajstić information content (AvgIpc) is 3.31. The van der Waals surface area contributed by atoms with Crippen molar-refractivity contribution in [2.45, 2.75) is 16.2 Å². The Hall–Kier alpha value is -7.27. The monoisotopic (exact) mass is 773 g/mol. The summed E-state index contributed by atoms with van der Waals surface area (Å²) in [4.78, 5) is 9.66. The first-order valence-electron chi connectivity index (χ1n) is 20.1. The third-order valence-corrected chi connectivity index (χ3v) is 12.5. The zero-order valence-corrected chi connectivity index (χ0v) is 33.1. The van der Waals surface area contributed by atoms with Gasteiger partial charge in [-0.05, 0) is 130 Å². The van der Waals surface area contributed by atoms with Crippen molar-refractivity contribution in [3.63, 3.8) is 0 Å². The molecular formula is C55H39N3S. The second kappa shape index (κ2) is 14.9. The summed E-state index contributed by atoms with van der Waals surface area (Å²) in [5.74, 6) is 0. The van der Waals surface area contributed by atoms with E-state index in [-0.39, 0.29) is 0 Å². The number of anilines is 9. The molecule has 0 atom stereocenters. The van der Waals surface area contributed by atoms with Crippen LogP contribution < -0.4 is 14.7 Å². The van der Waals surface area contributed by atoms with Gasteiger partial charge in [-0.15, -0.1) is 0 Å². The van der Waals surface area contributed by atoms with Gasteiger partial charge in [0.2, 0.25) is 0 Å². The van der Waals surface area contributed by atoms with E-state index < -0.39 is 0 Å². The van der Waals surface area contributed by atoms with Crippen LogP contribution in [0.3, 0.4) is 0 Å². The van der Waals surface area contributed by atoms with Gasteiger partial charge in [0.15, 0.2) is 0 Å². The maximum atomic E-state index is 2.41. The molecule has 0 amide bonds. The Kier molecular flexibility index (Phi) is 8.83. The lowest BCUT2D eigenvalue weighted by atomic mass is 9.94. The van der Waals surface area contributed by atoms with Gasteiger partial charge in [-0.2, -0.15) is 0 Å². The van der Waals surface area contributed by atoms with Crippen LogP contribution in [0.1, 0.15) is 11.1 Å². The lowest BCUT2D eigenvalue weighted by molar-refractivity contribution is 1.09. The molecule has 4 heteroatoms. The fourth-order valence-corrected chi connectivity index (χ4v) is 9.69. The number of hydrogen-bond donors (Lipinski definition) is 0. The van der Waals surface area contributed by atoms with E-state index in [9.17, 15) is 0 Å². The van der Waals surface area contributed by atoms with Crippen LogP contribution in [0.2, 0.25) is 0 Å². The molecule has 9 aromatic rings. The summed E-state index contributed by atoms with van der Waals surface area (Å²) < 4.78 is 0. The topological polar surface area (TPSA) is 9.72 Å². The Morgan fingerprint density at radius 1 is 0.322 bits per heavy atom. The lowest BCUT2D eigenvalue weighted by Crippen LogP contribution is -2.18. The number of rotatable bonds is 7. The van der Waals surface area contributed by atoms with Gasteiger partial charge in [-0.1, -0.05) is 139 Å². The smallest absolute Gasteiger partial charge is 0.0601 e. The maximum Gasteiger partial charge on any atom is 0.0601 e. The first-order chi connectivity index (χ1) is 29.2. The van der Waals surface area contributed by atoms with Crippen molar-refractivity contribution in [2.24, 2.45) is 0 Å². The molecule has 2 heterocycles. The minimum Gasteiger partial charge on any atom is -0.311 e. The maximum absolute atomic E-state index is 2.41. The molecule has 3 nitrogen and oxygen atoms in total. The van der Waals surface area contributed by atoms with Gasteiger partial charge in [0.1, 0.15) is 0 Å². The summed E-state index contributed by atoms with van der Waals surface area (Å²) in [5, 5.41) is 0. The molecule has 2 aliphatic rings. The van der Waals surface area contributed by atoms with Crippen molar-refractivity contribution in [1.29, 1.82) is 0 Å². The third-order valence-electron chi connectivity index (χ3n) is 11.4. The van der Waals surface area contributed by atoms with Gasteiger partial charge in [-0.3, -0.25) is 0 Å². The largest absolute Gasteiger partial charge is 0.311 e. The Labute approximate surface area is 350 Å². The molecule has 0 unspecified atom stereocenters. The number of benzene rings is 9. The van der Waals surface area contributed by atoms with Crippen molar-refractivity contribution in [2.75, 3.05) is 14.7 Å². The zero-order valence-electron chi connectivity index (χ0n) is 32.3. The van der Waals surface area contributed by atoms with Gasteiger partial charge in [-0.25, -0.2) is 0 Å². The number of para-hydroxylation sites is 5. The predicted molar refractivity (Wildman–Crippen MR) is 248 cm³/mol. The summed E-state index contributed by atoms with van der Waals surface area (Å²) in [7, 11) is 0.